The van der Waals surface area contributed by atoms with Gasteiger partial charge in [-0.3, -0.25) is 9.69 Å². The van der Waals surface area contributed by atoms with Crippen LogP contribution in [0.2, 0.25) is 0 Å². The molecule has 5 rings (SSSR count). The Bertz CT molecular complexity index is 1140. The van der Waals surface area contributed by atoms with E-state index in [2.05, 4.69) is 12.1 Å². The monoisotopic (exact) mass is 402 g/mol. The fourth-order valence-corrected chi connectivity index (χ4v) is 4.38. The van der Waals surface area contributed by atoms with Crippen LogP contribution < -0.4 is 14.4 Å². The van der Waals surface area contributed by atoms with Gasteiger partial charge in [0, 0.05) is 6.54 Å². The topological polar surface area (TPSA) is 51.7 Å². The highest BCUT2D eigenvalue weighted by Crippen LogP contribution is 2.37. The first-order chi connectivity index (χ1) is 14.3. The quantitative estimate of drug-likeness (QED) is 0.476. The van der Waals surface area contributed by atoms with Crippen LogP contribution in [0.25, 0.3) is 10.2 Å². The zero-order valence-corrected chi connectivity index (χ0v) is 16.4. The molecule has 2 heterocycles. The molecule has 0 saturated carbocycles. The summed E-state index contributed by atoms with van der Waals surface area (Å²) in [7, 11) is 0. The normalized spacial score (nSPS) is 12.3. The molecule has 5 nitrogen and oxygen atoms in total. The van der Waals surface area contributed by atoms with Gasteiger partial charge in [-0.25, -0.2) is 4.98 Å². The smallest absolute Gasteiger partial charge is 0.263 e. The highest BCUT2D eigenvalue weighted by molar-refractivity contribution is 7.22. The minimum Gasteiger partial charge on any atom is -0.454 e. The van der Waals surface area contributed by atoms with Crippen LogP contribution >= 0.6 is 11.3 Å². The zero-order valence-electron chi connectivity index (χ0n) is 15.6. The zero-order chi connectivity index (χ0) is 19.6. The van der Waals surface area contributed by atoms with Crippen molar-refractivity contribution in [3.8, 4) is 11.5 Å². The number of aromatic nitrogens is 1. The van der Waals surface area contributed by atoms with Gasteiger partial charge in [-0.15, -0.1) is 0 Å². The van der Waals surface area contributed by atoms with Crippen LogP contribution in [0, 0.1) is 0 Å². The van der Waals surface area contributed by atoms with Crippen LogP contribution in [-0.2, 0) is 6.42 Å². The van der Waals surface area contributed by atoms with E-state index >= 15 is 0 Å². The number of carbonyl (C=O) groups is 1. The molecule has 0 unspecified atom stereocenters. The molecular formula is C23H18N2O3S. The number of fused-ring (bicyclic) bond motifs is 2. The lowest BCUT2D eigenvalue weighted by atomic mass is 10.1. The van der Waals surface area contributed by atoms with Crippen LogP contribution in [0.4, 0.5) is 5.13 Å². The van der Waals surface area contributed by atoms with Crippen molar-refractivity contribution in [3.63, 3.8) is 0 Å². The lowest BCUT2D eigenvalue weighted by Crippen LogP contribution is -2.33. The summed E-state index contributed by atoms with van der Waals surface area (Å²) in [4.78, 5) is 20.0. The van der Waals surface area contributed by atoms with E-state index in [0.29, 0.717) is 28.7 Å². The molecule has 0 aliphatic carbocycles. The van der Waals surface area contributed by atoms with Gasteiger partial charge in [0.1, 0.15) is 0 Å². The SMILES string of the molecule is O=C(c1cccc2c1OCO2)N(CCc1ccccc1)c1nc2ccccc2s1. The molecule has 4 aromatic rings. The third-order valence-corrected chi connectivity index (χ3v) is 5.91. The maximum absolute atomic E-state index is 13.6. The van der Waals surface area contributed by atoms with E-state index in [1.165, 1.54) is 16.9 Å². The Morgan fingerprint density at radius 1 is 0.966 bits per heavy atom. The van der Waals surface area contributed by atoms with E-state index in [-0.39, 0.29) is 12.7 Å². The van der Waals surface area contributed by atoms with Crippen LogP contribution in [0.1, 0.15) is 15.9 Å². The largest absolute Gasteiger partial charge is 0.454 e. The Labute approximate surface area is 172 Å². The summed E-state index contributed by atoms with van der Waals surface area (Å²) < 4.78 is 12.1. The third kappa shape index (κ3) is 3.43. The Hall–Kier alpha value is -3.38. The van der Waals surface area contributed by atoms with Crippen molar-refractivity contribution in [1.29, 1.82) is 0 Å². The van der Waals surface area contributed by atoms with Gasteiger partial charge < -0.3 is 9.47 Å². The second-order valence-corrected chi connectivity index (χ2v) is 7.71. The van der Waals surface area contributed by atoms with Crippen molar-refractivity contribution in [2.24, 2.45) is 0 Å². The molecule has 0 saturated heterocycles. The molecule has 0 radical (unpaired) electrons. The van der Waals surface area contributed by atoms with Gasteiger partial charge >= 0.3 is 0 Å². The molecule has 1 amide bonds. The molecule has 3 aromatic carbocycles. The van der Waals surface area contributed by atoms with E-state index in [0.717, 1.165) is 16.6 Å². The van der Waals surface area contributed by atoms with Crippen LogP contribution in [0.5, 0.6) is 11.5 Å². The highest BCUT2D eigenvalue weighted by atomic mass is 32.1. The minimum atomic E-state index is -0.137. The van der Waals surface area contributed by atoms with Crippen LogP contribution in [-0.4, -0.2) is 24.2 Å². The van der Waals surface area contributed by atoms with E-state index < -0.39 is 0 Å². The summed E-state index contributed by atoms with van der Waals surface area (Å²) in [5.41, 5.74) is 2.56. The summed E-state index contributed by atoms with van der Waals surface area (Å²) in [6.45, 7) is 0.651. The average Bonchev–Trinajstić information content (AvgIpc) is 3.41. The number of hydrogen-bond donors (Lipinski definition) is 0. The Kier molecular flexibility index (Phi) is 4.62. The molecule has 1 aliphatic rings. The van der Waals surface area contributed by atoms with Crippen molar-refractivity contribution in [3.05, 3.63) is 83.9 Å². The maximum Gasteiger partial charge on any atom is 0.263 e. The van der Waals surface area contributed by atoms with E-state index in [1.807, 2.05) is 54.6 Å². The minimum absolute atomic E-state index is 0.130. The number of para-hydroxylation sites is 2. The van der Waals surface area contributed by atoms with Crippen LogP contribution in [0.15, 0.2) is 72.8 Å². The van der Waals surface area contributed by atoms with Crippen molar-refractivity contribution in [2.45, 2.75) is 6.42 Å². The fraction of sp³-hybridized carbons (Fsp3) is 0.130. The van der Waals surface area contributed by atoms with Gasteiger partial charge in [0.15, 0.2) is 16.6 Å². The first-order valence-corrected chi connectivity index (χ1v) is 10.2. The molecular weight excluding hydrogens is 384 g/mol. The van der Waals surface area contributed by atoms with Crippen molar-refractivity contribution >= 4 is 32.6 Å². The molecule has 6 heteroatoms. The van der Waals surface area contributed by atoms with E-state index in [1.54, 1.807) is 11.0 Å². The number of benzene rings is 3. The Morgan fingerprint density at radius 3 is 2.66 bits per heavy atom. The number of thiazole rings is 1. The van der Waals surface area contributed by atoms with Gasteiger partial charge in [-0.2, -0.15) is 0 Å². The predicted molar refractivity (Wildman–Crippen MR) is 114 cm³/mol. The molecule has 0 fully saturated rings. The highest BCUT2D eigenvalue weighted by Gasteiger charge is 2.27. The number of ether oxygens (including phenoxy) is 2. The molecule has 1 aromatic heterocycles. The summed E-state index contributed by atoms with van der Waals surface area (Å²) in [6, 6.07) is 23.5. The summed E-state index contributed by atoms with van der Waals surface area (Å²) in [6.07, 6.45) is 0.731. The van der Waals surface area contributed by atoms with Gasteiger partial charge in [0.05, 0.1) is 15.8 Å². The first-order valence-electron chi connectivity index (χ1n) is 9.39. The summed E-state index contributed by atoms with van der Waals surface area (Å²) >= 11 is 1.52. The number of hydrogen-bond acceptors (Lipinski definition) is 5. The van der Waals surface area contributed by atoms with E-state index in [4.69, 9.17) is 14.5 Å². The van der Waals surface area contributed by atoms with Crippen LogP contribution in [0.3, 0.4) is 0 Å². The third-order valence-electron chi connectivity index (χ3n) is 4.85. The molecule has 0 N–H and O–H groups in total. The second kappa shape index (κ2) is 7.56. The average molecular weight is 402 g/mol. The number of nitrogens with zero attached hydrogens (tertiary/aromatic N) is 2. The predicted octanol–water partition coefficient (Wildman–Crippen LogP) is 4.91. The summed E-state index contributed by atoms with van der Waals surface area (Å²) in [5.74, 6) is 0.966. The number of carbonyl (C=O) groups excluding carboxylic acids is 1. The summed E-state index contributed by atoms with van der Waals surface area (Å²) in [5, 5.41) is 0.684. The molecule has 0 atom stereocenters. The molecule has 144 valence electrons. The van der Waals surface area contributed by atoms with Gasteiger partial charge in [-0.05, 0) is 36.2 Å². The number of rotatable bonds is 5. The van der Waals surface area contributed by atoms with Crippen molar-refractivity contribution < 1.29 is 14.3 Å². The van der Waals surface area contributed by atoms with Crippen molar-refractivity contribution in [1.82, 2.24) is 4.98 Å². The second-order valence-electron chi connectivity index (χ2n) is 6.70. The lowest BCUT2D eigenvalue weighted by Gasteiger charge is -2.20. The lowest BCUT2D eigenvalue weighted by molar-refractivity contribution is 0.0982. The standard InChI is InChI=1S/C23H18N2O3S/c26-22(17-9-6-11-19-21(17)28-15-27-19)25(14-13-16-7-2-1-3-8-16)23-24-18-10-4-5-12-20(18)29-23/h1-12H,13-15H2. The van der Waals surface area contributed by atoms with E-state index in [9.17, 15) is 4.79 Å². The molecule has 0 spiro atoms. The Morgan fingerprint density at radius 2 is 1.79 bits per heavy atom. The maximum atomic E-state index is 13.6. The number of amides is 1. The van der Waals surface area contributed by atoms with Gasteiger partial charge in [0.25, 0.3) is 5.91 Å². The molecule has 29 heavy (non-hydrogen) atoms. The fourth-order valence-electron chi connectivity index (χ4n) is 3.39. The molecule has 1 aliphatic heterocycles. The van der Waals surface area contributed by atoms with Crippen molar-refractivity contribution in [2.75, 3.05) is 18.2 Å². The van der Waals surface area contributed by atoms with Gasteiger partial charge in [-0.1, -0.05) is 59.9 Å². The first kappa shape index (κ1) is 17.7. The van der Waals surface area contributed by atoms with Gasteiger partial charge in [0.2, 0.25) is 6.79 Å². The Balaban J connectivity index is 1.52. The number of anilines is 1. The molecule has 0 bridgehead atoms.